The summed E-state index contributed by atoms with van der Waals surface area (Å²) in [4.78, 5) is 16.1. The van der Waals surface area contributed by atoms with E-state index < -0.39 is 0 Å². The minimum absolute atomic E-state index is 0.0474. The van der Waals surface area contributed by atoms with Crippen LogP contribution in [0.25, 0.3) is 0 Å². The van der Waals surface area contributed by atoms with Gasteiger partial charge in [-0.2, -0.15) is 5.26 Å². The van der Waals surface area contributed by atoms with E-state index >= 15 is 0 Å². The summed E-state index contributed by atoms with van der Waals surface area (Å²) in [6.07, 6.45) is 1.69. The number of carbonyl (C=O) groups is 1. The van der Waals surface area contributed by atoms with E-state index in [1.165, 1.54) is 0 Å². The summed E-state index contributed by atoms with van der Waals surface area (Å²) in [6, 6.07) is 2.02. The molecule has 1 aliphatic rings. The summed E-state index contributed by atoms with van der Waals surface area (Å²) in [5, 5.41) is 11.8. The van der Waals surface area contributed by atoms with Crippen molar-refractivity contribution < 1.29 is 4.79 Å². The average Bonchev–Trinajstić information content (AvgIpc) is 2.35. The Kier molecular flexibility index (Phi) is 5.66. The van der Waals surface area contributed by atoms with Crippen LogP contribution in [0.1, 0.15) is 20.8 Å². The lowest BCUT2D eigenvalue weighted by Crippen LogP contribution is -2.44. The van der Waals surface area contributed by atoms with Crippen LogP contribution in [0.3, 0.4) is 0 Å². The summed E-state index contributed by atoms with van der Waals surface area (Å²) >= 11 is 0. The van der Waals surface area contributed by atoms with Gasteiger partial charge in [-0.05, 0) is 20.4 Å². The molecule has 0 radical (unpaired) electrons. The van der Waals surface area contributed by atoms with Crippen LogP contribution in [0.4, 0.5) is 0 Å². The summed E-state index contributed by atoms with van der Waals surface area (Å²) in [5.74, 6) is -0.287. The van der Waals surface area contributed by atoms with Crippen molar-refractivity contribution in [3.8, 4) is 6.07 Å². The van der Waals surface area contributed by atoms with Crippen LogP contribution >= 0.6 is 0 Å². The van der Waals surface area contributed by atoms with Crippen molar-refractivity contribution in [1.82, 2.24) is 15.1 Å². The highest BCUT2D eigenvalue weighted by atomic mass is 16.1. The second kappa shape index (κ2) is 7.02. The van der Waals surface area contributed by atoms with Crippen molar-refractivity contribution in [1.29, 1.82) is 5.26 Å². The molecule has 100 valence electrons. The molecular weight excluding hydrogens is 228 g/mol. The van der Waals surface area contributed by atoms with Gasteiger partial charge in [-0.15, -0.1) is 0 Å². The van der Waals surface area contributed by atoms with Crippen LogP contribution in [0.5, 0.6) is 0 Å². The summed E-state index contributed by atoms with van der Waals surface area (Å²) in [6.45, 7) is 10.7. The average molecular weight is 250 g/mol. The molecular formula is C13H22N4O. The highest BCUT2D eigenvalue weighted by Gasteiger charge is 2.16. The normalized spacial score (nSPS) is 17.7. The largest absolute Gasteiger partial charge is 0.374 e. The summed E-state index contributed by atoms with van der Waals surface area (Å²) in [7, 11) is 0. The van der Waals surface area contributed by atoms with Gasteiger partial charge in [0.15, 0.2) is 0 Å². The smallest absolute Gasteiger partial charge is 0.263 e. The Morgan fingerprint density at radius 3 is 2.44 bits per heavy atom. The van der Waals surface area contributed by atoms with Crippen LogP contribution in [0.15, 0.2) is 11.8 Å². The van der Waals surface area contributed by atoms with Gasteiger partial charge in [-0.3, -0.25) is 4.79 Å². The lowest BCUT2D eigenvalue weighted by Gasteiger charge is -2.33. The van der Waals surface area contributed by atoms with E-state index in [0.717, 1.165) is 32.7 Å². The molecule has 5 heteroatoms. The maximum Gasteiger partial charge on any atom is 0.263 e. The first-order chi connectivity index (χ1) is 8.56. The second-order valence-corrected chi connectivity index (χ2v) is 4.75. The molecule has 18 heavy (non-hydrogen) atoms. The van der Waals surface area contributed by atoms with Crippen molar-refractivity contribution in [2.24, 2.45) is 0 Å². The van der Waals surface area contributed by atoms with Gasteiger partial charge in [0, 0.05) is 38.4 Å². The maximum atomic E-state index is 11.7. The third kappa shape index (κ3) is 4.38. The molecule has 0 aromatic carbocycles. The number of nitriles is 1. The van der Waals surface area contributed by atoms with Gasteiger partial charge >= 0.3 is 0 Å². The van der Waals surface area contributed by atoms with Gasteiger partial charge in [0.2, 0.25) is 0 Å². The molecule has 0 saturated carbocycles. The number of likely N-dealkylation sites (N-methyl/N-ethyl adjacent to an activating group) is 1. The number of rotatable bonds is 4. The molecule has 0 aliphatic carbocycles. The first-order valence-electron chi connectivity index (χ1n) is 6.46. The number of amides is 1. The minimum atomic E-state index is -0.287. The number of hydrogen-bond donors (Lipinski definition) is 1. The van der Waals surface area contributed by atoms with E-state index in [2.05, 4.69) is 17.1 Å². The number of nitrogens with zero attached hydrogens (tertiary/aromatic N) is 3. The SMILES string of the molecule is CCN1CCN(/C=C(/C#N)C(=O)NC(C)C)CC1. The Hall–Kier alpha value is -1.54. The lowest BCUT2D eigenvalue weighted by atomic mass is 10.2. The highest BCUT2D eigenvalue weighted by molar-refractivity contribution is 5.97. The Morgan fingerprint density at radius 1 is 1.39 bits per heavy atom. The summed E-state index contributed by atoms with van der Waals surface area (Å²) in [5.41, 5.74) is 0.189. The zero-order chi connectivity index (χ0) is 13.5. The van der Waals surface area contributed by atoms with Gasteiger partial charge in [0.25, 0.3) is 5.91 Å². The van der Waals surface area contributed by atoms with Gasteiger partial charge in [-0.25, -0.2) is 0 Å². The minimum Gasteiger partial charge on any atom is -0.374 e. The van der Waals surface area contributed by atoms with Crippen LogP contribution in [-0.4, -0.2) is 54.5 Å². The quantitative estimate of drug-likeness (QED) is 0.585. The van der Waals surface area contributed by atoms with E-state index in [9.17, 15) is 4.79 Å². The molecule has 0 atom stereocenters. The molecule has 0 aromatic rings. The second-order valence-electron chi connectivity index (χ2n) is 4.75. The zero-order valence-corrected chi connectivity index (χ0v) is 11.4. The van der Waals surface area contributed by atoms with E-state index in [0.29, 0.717) is 0 Å². The van der Waals surface area contributed by atoms with E-state index in [1.54, 1.807) is 6.20 Å². The molecule has 0 aromatic heterocycles. The van der Waals surface area contributed by atoms with Crippen molar-refractivity contribution >= 4 is 5.91 Å². The Morgan fingerprint density at radius 2 is 2.00 bits per heavy atom. The zero-order valence-electron chi connectivity index (χ0n) is 11.4. The Bertz CT molecular complexity index is 348. The predicted octanol–water partition coefficient (Wildman–Crippen LogP) is 0.556. The number of nitrogens with one attached hydrogen (secondary N) is 1. The predicted molar refractivity (Wildman–Crippen MR) is 70.7 cm³/mol. The lowest BCUT2D eigenvalue weighted by molar-refractivity contribution is -0.117. The first-order valence-corrected chi connectivity index (χ1v) is 6.46. The number of piperazine rings is 1. The van der Waals surface area contributed by atoms with E-state index in [4.69, 9.17) is 5.26 Å². The van der Waals surface area contributed by atoms with Crippen LogP contribution in [0.2, 0.25) is 0 Å². The Labute approximate surface area is 109 Å². The van der Waals surface area contributed by atoms with Gasteiger partial charge in [0.05, 0.1) is 0 Å². The number of carbonyl (C=O) groups excluding carboxylic acids is 1. The highest BCUT2D eigenvalue weighted by Crippen LogP contribution is 2.05. The molecule has 1 amide bonds. The van der Waals surface area contributed by atoms with E-state index in [-0.39, 0.29) is 17.5 Å². The fourth-order valence-corrected chi connectivity index (χ4v) is 1.87. The van der Waals surface area contributed by atoms with Gasteiger partial charge in [-0.1, -0.05) is 6.92 Å². The third-order valence-electron chi connectivity index (χ3n) is 2.95. The van der Waals surface area contributed by atoms with Crippen molar-refractivity contribution in [2.75, 3.05) is 32.7 Å². The molecule has 1 fully saturated rings. The molecule has 1 saturated heterocycles. The van der Waals surface area contributed by atoms with Crippen LogP contribution in [0, 0.1) is 11.3 Å². The van der Waals surface area contributed by atoms with Crippen LogP contribution in [-0.2, 0) is 4.79 Å². The summed E-state index contributed by atoms with van der Waals surface area (Å²) < 4.78 is 0. The third-order valence-corrected chi connectivity index (χ3v) is 2.95. The van der Waals surface area contributed by atoms with Gasteiger partial charge in [0.1, 0.15) is 11.6 Å². The fraction of sp³-hybridized carbons (Fsp3) is 0.692. The monoisotopic (exact) mass is 250 g/mol. The van der Waals surface area contributed by atoms with Crippen molar-refractivity contribution in [3.05, 3.63) is 11.8 Å². The van der Waals surface area contributed by atoms with Crippen molar-refractivity contribution in [2.45, 2.75) is 26.8 Å². The Balaban J connectivity index is 2.58. The topological polar surface area (TPSA) is 59.4 Å². The van der Waals surface area contributed by atoms with Gasteiger partial charge < -0.3 is 15.1 Å². The molecule has 0 spiro atoms. The molecule has 1 N–H and O–H groups in total. The fourth-order valence-electron chi connectivity index (χ4n) is 1.87. The molecule has 1 heterocycles. The molecule has 1 rings (SSSR count). The molecule has 0 bridgehead atoms. The first kappa shape index (κ1) is 14.5. The maximum absolute atomic E-state index is 11.7. The number of hydrogen-bond acceptors (Lipinski definition) is 4. The molecule has 5 nitrogen and oxygen atoms in total. The standard InChI is InChI=1S/C13H22N4O/c1-4-16-5-7-17(8-6-16)10-12(9-14)13(18)15-11(2)3/h10-11H,4-8H2,1-3H3,(H,15,18)/b12-10-. The van der Waals surface area contributed by atoms with Crippen LogP contribution < -0.4 is 5.32 Å². The molecule has 1 aliphatic heterocycles. The molecule has 0 unspecified atom stereocenters. The van der Waals surface area contributed by atoms with Crippen molar-refractivity contribution in [3.63, 3.8) is 0 Å². The van der Waals surface area contributed by atoms with E-state index in [1.807, 2.05) is 24.8 Å².